The number of amides is 1. The fourth-order valence-corrected chi connectivity index (χ4v) is 7.26. The number of ether oxygens (including phenoxy) is 1. The van der Waals surface area contributed by atoms with Gasteiger partial charge in [-0.3, -0.25) is 14.2 Å². The van der Waals surface area contributed by atoms with Gasteiger partial charge in [-0.15, -0.1) is 11.3 Å². The van der Waals surface area contributed by atoms with Gasteiger partial charge in [-0.2, -0.15) is 10.2 Å². The zero-order valence-electron chi connectivity index (χ0n) is 25.7. The highest BCUT2D eigenvalue weighted by Gasteiger charge is 2.32. The second kappa shape index (κ2) is 11.7. The summed E-state index contributed by atoms with van der Waals surface area (Å²) in [5, 5.41) is 22.2. The fraction of sp³-hybridized carbons (Fsp3) is 0.333. The van der Waals surface area contributed by atoms with Crippen LogP contribution in [-0.4, -0.2) is 84.8 Å². The number of pyridine rings is 1. The maximum atomic E-state index is 16.0. The van der Waals surface area contributed by atoms with Crippen LogP contribution in [0.1, 0.15) is 31.6 Å². The number of benzene rings is 1. The Labute approximate surface area is 268 Å². The number of carbonyl (C=O) groups is 1. The van der Waals surface area contributed by atoms with Gasteiger partial charge in [0.15, 0.2) is 0 Å². The molecular weight excluding hydrogens is 612 g/mol. The summed E-state index contributed by atoms with van der Waals surface area (Å²) in [5.74, 6) is -1.85. The minimum atomic E-state index is -0.865. The van der Waals surface area contributed by atoms with Crippen molar-refractivity contribution in [2.45, 2.75) is 38.6 Å². The van der Waals surface area contributed by atoms with Gasteiger partial charge in [0.2, 0.25) is 5.91 Å². The number of aromatic nitrogens is 5. The molecule has 1 N–H and O–H groups in total. The predicted octanol–water partition coefficient (Wildman–Crippen LogP) is 5.30. The van der Waals surface area contributed by atoms with E-state index in [2.05, 4.69) is 23.6 Å². The maximum Gasteiger partial charge on any atom is 0.246 e. The largest absolute Gasteiger partial charge is 0.490 e. The second-order valence-electron chi connectivity index (χ2n) is 11.9. The molecule has 46 heavy (non-hydrogen) atoms. The quantitative estimate of drug-likeness (QED) is 0.229. The number of likely N-dealkylation sites (tertiary alicyclic amines) is 1. The van der Waals surface area contributed by atoms with Crippen LogP contribution < -0.4 is 4.74 Å². The van der Waals surface area contributed by atoms with Gasteiger partial charge in [-0.25, -0.2) is 13.8 Å². The van der Waals surface area contributed by atoms with Gasteiger partial charge in [0.1, 0.15) is 35.4 Å². The average Bonchev–Trinajstić information content (AvgIpc) is 3.78. The van der Waals surface area contributed by atoms with E-state index in [9.17, 15) is 14.3 Å². The molecule has 4 aromatic heterocycles. The van der Waals surface area contributed by atoms with Crippen LogP contribution in [0, 0.1) is 11.6 Å². The molecule has 1 amide bonds. The van der Waals surface area contributed by atoms with E-state index in [1.165, 1.54) is 24.3 Å². The molecule has 2 aliphatic heterocycles. The number of rotatable bonds is 8. The van der Waals surface area contributed by atoms with E-state index in [0.29, 0.717) is 40.4 Å². The van der Waals surface area contributed by atoms with Gasteiger partial charge in [0, 0.05) is 59.2 Å². The molecule has 238 valence electrons. The fourth-order valence-electron chi connectivity index (χ4n) is 6.31. The molecule has 0 bridgehead atoms. The van der Waals surface area contributed by atoms with Crippen LogP contribution in [0.3, 0.4) is 0 Å². The number of aliphatic hydroxyl groups excluding tert-OH is 1. The Morgan fingerprint density at radius 1 is 1.22 bits per heavy atom. The normalized spacial score (nSPS) is 17.6. The van der Waals surface area contributed by atoms with E-state index < -0.39 is 17.7 Å². The summed E-state index contributed by atoms with van der Waals surface area (Å²) in [4.78, 5) is 21.7. The molecule has 5 aromatic rings. The highest BCUT2D eigenvalue weighted by atomic mass is 32.1. The number of likely N-dealkylation sites (N-methyl/N-ethyl adjacent to an activating group) is 1. The van der Waals surface area contributed by atoms with Crippen LogP contribution in [0.2, 0.25) is 0 Å². The van der Waals surface area contributed by atoms with Gasteiger partial charge in [0.05, 0.1) is 47.9 Å². The molecule has 13 heteroatoms. The molecule has 2 aliphatic rings. The van der Waals surface area contributed by atoms with Crippen LogP contribution in [0.15, 0.2) is 54.7 Å². The van der Waals surface area contributed by atoms with Gasteiger partial charge < -0.3 is 19.6 Å². The van der Waals surface area contributed by atoms with Gasteiger partial charge in [-0.05, 0) is 44.5 Å². The lowest BCUT2D eigenvalue weighted by molar-refractivity contribution is -0.129. The molecular formula is C33H33F2N7O3S. The van der Waals surface area contributed by atoms with Crippen molar-refractivity contribution in [2.75, 3.05) is 33.3 Å². The third-order valence-corrected chi connectivity index (χ3v) is 9.54. The van der Waals surface area contributed by atoms with Crippen molar-refractivity contribution in [2.24, 2.45) is 0 Å². The highest BCUT2D eigenvalue weighted by molar-refractivity contribution is 7.18. The predicted molar refractivity (Wildman–Crippen MR) is 171 cm³/mol. The minimum Gasteiger partial charge on any atom is -0.490 e. The summed E-state index contributed by atoms with van der Waals surface area (Å²) in [6, 6.07) is 5.71. The van der Waals surface area contributed by atoms with Crippen LogP contribution in [0.25, 0.3) is 43.9 Å². The third-order valence-electron chi connectivity index (χ3n) is 8.61. The lowest BCUT2D eigenvalue weighted by Crippen LogP contribution is -2.45. The van der Waals surface area contributed by atoms with E-state index in [0.717, 1.165) is 41.9 Å². The minimum absolute atomic E-state index is 0.0271. The molecule has 1 aromatic carbocycles. The van der Waals surface area contributed by atoms with Crippen LogP contribution in [-0.2, 0) is 11.3 Å². The molecule has 1 saturated heterocycles. The summed E-state index contributed by atoms with van der Waals surface area (Å²) >= 11 is 1.41. The van der Waals surface area contributed by atoms with E-state index in [1.807, 2.05) is 40.0 Å². The van der Waals surface area contributed by atoms with Crippen molar-refractivity contribution >= 4 is 27.3 Å². The number of hydrogen-bond donors (Lipinski definition) is 1. The molecule has 7 rings (SSSR count). The Kier molecular flexibility index (Phi) is 7.70. The zero-order chi connectivity index (χ0) is 32.3. The van der Waals surface area contributed by atoms with Gasteiger partial charge in [-0.1, -0.05) is 6.58 Å². The lowest BCUT2D eigenvalue weighted by Gasteiger charge is -2.36. The monoisotopic (exact) mass is 645 g/mol. The van der Waals surface area contributed by atoms with Gasteiger partial charge in [0.25, 0.3) is 0 Å². The van der Waals surface area contributed by atoms with Crippen LogP contribution in [0.5, 0.6) is 5.75 Å². The Bertz CT molecular complexity index is 1980. The summed E-state index contributed by atoms with van der Waals surface area (Å²) < 4.78 is 40.9. The van der Waals surface area contributed by atoms with Gasteiger partial charge >= 0.3 is 0 Å². The van der Waals surface area contributed by atoms with E-state index in [4.69, 9.17) is 14.8 Å². The van der Waals surface area contributed by atoms with Crippen molar-refractivity contribution in [1.82, 2.24) is 34.3 Å². The third kappa shape index (κ3) is 5.17. The summed E-state index contributed by atoms with van der Waals surface area (Å²) in [7, 11) is 2.06. The summed E-state index contributed by atoms with van der Waals surface area (Å²) in [6.45, 7) is 9.64. The summed E-state index contributed by atoms with van der Waals surface area (Å²) in [5.41, 5.74) is 3.54. The van der Waals surface area contributed by atoms with E-state index >= 15 is 4.39 Å². The Morgan fingerprint density at radius 3 is 2.76 bits per heavy atom. The van der Waals surface area contributed by atoms with E-state index in [-0.39, 0.29) is 35.9 Å². The first-order valence-electron chi connectivity index (χ1n) is 15.1. The lowest BCUT2D eigenvalue weighted by atomic mass is 9.96. The highest BCUT2D eigenvalue weighted by Crippen LogP contribution is 2.47. The zero-order valence-corrected chi connectivity index (χ0v) is 26.5. The Balaban J connectivity index is 1.46. The molecule has 10 nitrogen and oxygen atoms in total. The Hall–Kier alpha value is -4.46. The van der Waals surface area contributed by atoms with Crippen molar-refractivity contribution in [3.8, 4) is 39.5 Å². The molecule has 6 heterocycles. The smallest absolute Gasteiger partial charge is 0.246 e. The maximum absolute atomic E-state index is 16.0. The molecule has 0 spiro atoms. The van der Waals surface area contributed by atoms with E-state index in [1.54, 1.807) is 11.1 Å². The Morgan fingerprint density at radius 2 is 2.02 bits per heavy atom. The number of halogens is 2. The SMILES string of the molecule is C=CC(=O)N1CCn2nc(-c3nc(-c4cnn(C5CN(C)C5)c4)c4ccsc4c3-c3c(F)cc(F)cc3OCC(C)O)cc2C1C. The number of thiophene rings is 1. The summed E-state index contributed by atoms with van der Waals surface area (Å²) in [6.07, 6.45) is 4.20. The van der Waals surface area contributed by atoms with Crippen molar-refractivity contribution < 1.29 is 23.4 Å². The van der Waals surface area contributed by atoms with Crippen LogP contribution >= 0.6 is 11.3 Å². The molecule has 2 atom stereocenters. The number of carbonyl (C=O) groups excluding carboxylic acids is 1. The average molecular weight is 646 g/mol. The molecule has 1 fully saturated rings. The van der Waals surface area contributed by atoms with Crippen LogP contribution in [0.4, 0.5) is 8.78 Å². The first kappa shape index (κ1) is 30.2. The first-order valence-corrected chi connectivity index (χ1v) is 16.0. The molecule has 2 unspecified atom stereocenters. The first-order chi connectivity index (χ1) is 22.1. The van der Waals surface area contributed by atoms with Crippen molar-refractivity contribution in [1.29, 1.82) is 0 Å². The topological polar surface area (TPSA) is 102 Å². The second-order valence-corrected chi connectivity index (χ2v) is 12.9. The van der Waals surface area contributed by atoms with Crippen molar-refractivity contribution in [3.63, 3.8) is 0 Å². The number of nitrogens with zero attached hydrogens (tertiary/aromatic N) is 7. The number of aliphatic hydroxyl groups is 1. The standard InChI is InChI=1S/C33H33F2N7O3S/c1-5-28(44)40-7-8-41-26(19(40)3)12-25(38-41)32-30(29-24(35)10-21(34)11-27(29)45-17-18(2)43)33-23(6-9-46-33)31(37-32)20-13-36-42(14-20)22-15-39(4)16-22/h5-6,9-14,18-19,22,43H,1,7-8,15-17H2,2-4H3. The molecule has 0 radical (unpaired) electrons. The van der Waals surface area contributed by atoms with Crippen molar-refractivity contribution in [3.05, 3.63) is 72.0 Å². The number of hydrogen-bond acceptors (Lipinski definition) is 8. The molecule has 0 saturated carbocycles. The number of fused-ring (bicyclic) bond motifs is 2. The molecule has 0 aliphatic carbocycles.